The Kier molecular flexibility index (Phi) is 2.16. The molecule has 1 aromatic carbocycles. The van der Waals surface area contributed by atoms with Crippen LogP contribution in [0, 0.1) is 0 Å². The Morgan fingerprint density at radius 2 is 2.21 bits per heavy atom. The topological polar surface area (TPSA) is 29.4 Å². The van der Waals surface area contributed by atoms with Crippen molar-refractivity contribution in [2.75, 3.05) is 0 Å². The van der Waals surface area contributed by atoms with E-state index in [-0.39, 0.29) is 0 Å². The van der Waals surface area contributed by atoms with Crippen LogP contribution in [0.1, 0.15) is 18.9 Å². The highest BCUT2D eigenvalue weighted by Gasteiger charge is 2.40. The standard InChI is InChI=1S/C11H10ClNO/c1-2-10-11(12,7-14)8-5-3-4-6-9(8)13-10/h3-7H,2H2,1H3. The molecule has 0 saturated heterocycles. The van der Waals surface area contributed by atoms with E-state index in [0.717, 1.165) is 23.2 Å². The van der Waals surface area contributed by atoms with Crippen LogP contribution in [0.5, 0.6) is 0 Å². The minimum atomic E-state index is -1.02. The summed E-state index contributed by atoms with van der Waals surface area (Å²) in [5.74, 6) is 0. The number of carbonyl (C=O) groups is 1. The molecule has 1 unspecified atom stereocenters. The molecule has 2 nitrogen and oxygen atoms in total. The van der Waals surface area contributed by atoms with E-state index in [1.165, 1.54) is 0 Å². The number of benzene rings is 1. The van der Waals surface area contributed by atoms with Crippen molar-refractivity contribution < 1.29 is 4.79 Å². The van der Waals surface area contributed by atoms with E-state index >= 15 is 0 Å². The number of rotatable bonds is 2. The van der Waals surface area contributed by atoms with Crippen LogP contribution in [0.2, 0.25) is 0 Å². The number of aliphatic imine (C=N–C) groups is 1. The molecule has 14 heavy (non-hydrogen) atoms. The van der Waals surface area contributed by atoms with Crippen LogP contribution < -0.4 is 0 Å². The first-order chi connectivity index (χ1) is 6.72. The molecular formula is C11H10ClNO. The van der Waals surface area contributed by atoms with Gasteiger partial charge in [0.05, 0.1) is 11.4 Å². The number of halogens is 1. The van der Waals surface area contributed by atoms with E-state index < -0.39 is 4.87 Å². The molecule has 0 radical (unpaired) electrons. The van der Waals surface area contributed by atoms with Crippen LogP contribution in [0.4, 0.5) is 5.69 Å². The number of carbonyl (C=O) groups excluding carboxylic acids is 1. The fourth-order valence-electron chi connectivity index (χ4n) is 1.73. The summed E-state index contributed by atoms with van der Waals surface area (Å²) in [6.45, 7) is 1.95. The van der Waals surface area contributed by atoms with Crippen LogP contribution in [-0.4, -0.2) is 12.0 Å². The Labute approximate surface area is 87.6 Å². The SMILES string of the molecule is CCC1=Nc2ccccc2C1(Cl)C=O. The molecule has 2 rings (SSSR count). The van der Waals surface area contributed by atoms with Gasteiger partial charge in [0, 0.05) is 5.56 Å². The highest BCUT2D eigenvalue weighted by atomic mass is 35.5. The summed E-state index contributed by atoms with van der Waals surface area (Å²) in [5.41, 5.74) is 2.34. The zero-order chi connectivity index (χ0) is 10.2. The predicted molar refractivity (Wildman–Crippen MR) is 57.4 cm³/mol. The number of aldehydes is 1. The highest BCUT2D eigenvalue weighted by molar-refractivity contribution is 6.45. The van der Waals surface area contributed by atoms with Gasteiger partial charge in [0.1, 0.15) is 0 Å². The smallest absolute Gasteiger partial charge is 0.164 e. The Morgan fingerprint density at radius 3 is 2.86 bits per heavy atom. The number of alkyl halides is 1. The third kappa shape index (κ3) is 1.11. The third-order valence-corrected chi connectivity index (χ3v) is 2.98. The van der Waals surface area contributed by atoms with Gasteiger partial charge in [-0.05, 0) is 12.5 Å². The van der Waals surface area contributed by atoms with Crippen molar-refractivity contribution in [2.24, 2.45) is 4.99 Å². The molecule has 1 aliphatic rings. The van der Waals surface area contributed by atoms with Crippen molar-refractivity contribution in [3.63, 3.8) is 0 Å². The molecule has 72 valence electrons. The first-order valence-corrected chi connectivity index (χ1v) is 4.93. The average molecular weight is 208 g/mol. The van der Waals surface area contributed by atoms with E-state index in [4.69, 9.17) is 11.6 Å². The Bertz CT molecular complexity index is 414. The molecule has 1 aromatic rings. The second-order valence-corrected chi connectivity index (χ2v) is 3.85. The van der Waals surface area contributed by atoms with Crippen molar-refractivity contribution in [1.29, 1.82) is 0 Å². The van der Waals surface area contributed by atoms with Gasteiger partial charge in [-0.2, -0.15) is 0 Å². The van der Waals surface area contributed by atoms with Crippen LogP contribution >= 0.6 is 11.6 Å². The molecule has 0 aromatic heterocycles. The van der Waals surface area contributed by atoms with E-state index in [9.17, 15) is 4.79 Å². The highest BCUT2D eigenvalue weighted by Crippen LogP contribution is 2.42. The predicted octanol–water partition coefficient (Wildman–Crippen LogP) is 2.82. The maximum absolute atomic E-state index is 11.0. The van der Waals surface area contributed by atoms with Gasteiger partial charge in [-0.3, -0.25) is 4.99 Å². The van der Waals surface area contributed by atoms with Gasteiger partial charge in [-0.1, -0.05) is 36.7 Å². The monoisotopic (exact) mass is 207 g/mol. The van der Waals surface area contributed by atoms with Gasteiger partial charge in [0.2, 0.25) is 0 Å². The van der Waals surface area contributed by atoms with E-state index in [1.807, 2.05) is 31.2 Å². The molecule has 3 heteroatoms. The lowest BCUT2D eigenvalue weighted by atomic mass is 9.95. The number of hydrogen-bond donors (Lipinski definition) is 0. The van der Waals surface area contributed by atoms with Crippen LogP contribution in [0.15, 0.2) is 29.3 Å². The first-order valence-electron chi connectivity index (χ1n) is 4.55. The molecule has 1 aliphatic heterocycles. The Balaban J connectivity index is 2.62. The lowest BCUT2D eigenvalue weighted by Gasteiger charge is -2.16. The van der Waals surface area contributed by atoms with Crippen molar-refractivity contribution in [2.45, 2.75) is 18.2 Å². The van der Waals surface area contributed by atoms with Gasteiger partial charge >= 0.3 is 0 Å². The normalized spacial score (nSPS) is 24.3. The fraction of sp³-hybridized carbons (Fsp3) is 0.273. The van der Waals surface area contributed by atoms with Crippen LogP contribution in [-0.2, 0) is 9.67 Å². The molecular weight excluding hydrogens is 198 g/mol. The summed E-state index contributed by atoms with van der Waals surface area (Å²) in [6.07, 6.45) is 1.46. The number of para-hydroxylation sites is 1. The lowest BCUT2D eigenvalue weighted by Crippen LogP contribution is -2.27. The van der Waals surface area contributed by atoms with E-state index in [2.05, 4.69) is 4.99 Å². The fourth-order valence-corrected chi connectivity index (χ4v) is 2.06. The van der Waals surface area contributed by atoms with Gasteiger partial charge in [-0.25, -0.2) is 0 Å². The zero-order valence-corrected chi connectivity index (χ0v) is 8.58. The Hall–Kier alpha value is -1.15. The molecule has 0 aliphatic carbocycles. The quantitative estimate of drug-likeness (QED) is 0.542. The maximum Gasteiger partial charge on any atom is 0.164 e. The summed E-state index contributed by atoms with van der Waals surface area (Å²) >= 11 is 6.25. The minimum Gasteiger partial charge on any atom is -0.301 e. The summed E-state index contributed by atoms with van der Waals surface area (Å²) in [6, 6.07) is 7.48. The summed E-state index contributed by atoms with van der Waals surface area (Å²) in [7, 11) is 0. The molecule has 1 atom stereocenters. The van der Waals surface area contributed by atoms with Gasteiger partial charge < -0.3 is 4.79 Å². The molecule has 0 bridgehead atoms. The van der Waals surface area contributed by atoms with E-state index in [0.29, 0.717) is 6.42 Å². The van der Waals surface area contributed by atoms with Crippen LogP contribution in [0.25, 0.3) is 0 Å². The van der Waals surface area contributed by atoms with Gasteiger partial charge in [-0.15, -0.1) is 0 Å². The first kappa shape index (κ1) is 9.41. The van der Waals surface area contributed by atoms with E-state index in [1.54, 1.807) is 0 Å². The van der Waals surface area contributed by atoms with Crippen molar-refractivity contribution >= 4 is 29.3 Å². The molecule has 0 N–H and O–H groups in total. The number of fused-ring (bicyclic) bond motifs is 1. The zero-order valence-electron chi connectivity index (χ0n) is 7.83. The molecule has 0 fully saturated rings. The largest absolute Gasteiger partial charge is 0.301 e. The summed E-state index contributed by atoms with van der Waals surface area (Å²) in [5, 5.41) is 0. The van der Waals surface area contributed by atoms with Crippen LogP contribution in [0.3, 0.4) is 0 Å². The maximum atomic E-state index is 11.0. The lowest BCUT2D eigenvalue weighted by molar-refractivity contribution is -0.108. The molecule has 0 saturated carbocycles. The summed E-state index contributed by atoms with van der Waals surface area (Å²) in [4.78, 5) is 14.4. The minimum absolute atomic E-state index is 0.691. The summed E-state index contributed by atoms with van der Waals surface area (Å²) < 4.78 is 0. The second kappa shape index (κ2) is 3.21. The second-order valence-electron chi connectivity index (χ2n) is 3.26. The molecule has 0 spiro atoms. The van der Waals surface area contributed by atoms with Gasteiger partial charge in [0.25, 0.3) is 0 Å². The average Bonchev–Trinajstić information content (AvgIpc) is 2.53. The molecule has 0 amide bonds. The van der Waals surface area contributed by atoms with Crippen molar-refractivity contribution in [3.8, 4) is 0 Å². The van der Waals surface area contributed by atoms with Crippen molar-refractivity contribution in [1.82, 2.24) is 0 Å². The van der Waals surface area contributed by atoms with Crippen molar-refractivity contribution in [3.05, 3.63) is 29.8 Å². The number of hydrogen-bond acceptors (Lipinski definition) is 2. The van der Waals surface area contributed by atoms with Gasteiger partial charge in [0.15, 0.2) is 11.2 Å². The molecule has 1 heterocycles. The Morgan fingerprint density at radius 1 is 1.50 bits per heavy atom. The third-order valence-electron chi connectivity index (χ3n) is 2.47. The number of nitrogens with zero attached hydrogens (tertiary/aromatic N) is 1.